The molecule has 1 fully saturated rings. The van der Waals surface area contributed by atoms with Gasteiger partial charge in [-0.2, -0.15) is 5.10 Å². The van der Waals surface area contributed by atoms with Crippen LogP contribution >= 0.6 is 11.6 Å². The SMILES string of the molecule is Cc1nn(C)c(CC2(O)CCCC(C)(C)CC2)c1Cl. The average molecular weight is 285 g/mol. The molecule has 0 aromatic carbocycles. The summed E-state index contributed by atoms with van der Waals surface area (Å²) in [5, 5.41) is 15.9. The summed E-state index contributed by atoms with van der Waals surface area (Å²) in [5.41, 5.74) is 1.52. The average Bonchev–Trinajstić information content (AvgIpc) is 2.47. The molecule has 0 amide bonds. The second kappa shape index (κ2) is 5.10. The number of aryl methyl sites for hydroxylation is 2. The monoisotopic (exact) mass is 284 g/mol. The summed E-state index contributed by atoms with van der Waals surface area (Å²) < 4.78 is 1.81. The number of halogens is 1. The van der Waals surface area contributed by atoms with Crippen molar-refractivity contribution in [3.05, 3.63) is 16.4 Å². The van der Waals surface area contributed by atoms with Crippen LogP contribution in [0.15, 0.2) is 0 Å². The molecule has 1 N–H and O–H groups in total. The quantitative estimate of drug-likeness (QED) is 0.842. The van der Waals surface area contributed by atoms with Gasteiger partial charge in [0.15, 0.2) is 0 Å². The molecule has 0 spiro atoms. The lowest BCUT2D eigenvalue weighted by molar-refractivity contribution is 0.0209. The maximum atomic E-state index is 10.9. The van der Waals surface area contributed by atoms with E-state index < -0.39 is 5.60 Å². The minimum Gasteiger partial charge on any atom is -0.389 e. The highest BCUT2D eigenvalue weighted by Gasteiger charge is 2.35. The highest BCUT2D eigenvalue weighted by molar-refractivity contribution is 6.31. The van der Waals surface area contributed by atoms with Crippen LogP contribution in [0.2, 0.25) is 5.02 Å². The van der Waals surface area contributed by atoms with Crippen molar-refractivity contribution in [2.75, 3.05) is 0 Å². The number of aromatic nitrogens is 2. The van der Waals surface area contributed by atoms with Crippen molar-refractivity contribution >= 4 is 11.6 Å². The number of aliphatic hydroxyl groups is 1. The first-order valence-corrected chi connectivity index (χ1v) is 7.51. The van der Waals surface area contributed by atoms with Crippen molar-refractivity contribution in [1.29, 1.82) is 0 Å². The second-order valence-electron chi connectivity index (χ2n) is 6.89. The summed E-state index contributed by atoms with van der Waals surface area (Å²) >= 11 is 6.30. The molecule has 1 heterocycles. The minimum atomic E-state index is -0.627. The highest BCUT2D eigenvalue weighted by Crippen LogP contribution is 2.40. The van der Waals surface area contributed by atoms with Gasteiger partial charge in [0, 0.05) is 13.5 Å². The van der Waals surface area contributed by atoms with Crippen molar-refractivity contribution in [2.24, 2.45) is 12.5 Å². The first-order chi connectivity index (χ1) is 8.72. The summed E-state index contributed by atoms with van der Waals surface area (Å²) in [6, 6.07) is 0. The van der Waals surface area contributed by atoms with Crippen molar-refractivity contribution < 1.29 is 5.11 Å². The predicted molar refractivity (Wildman–Crippen MR) is 78.5 cm³/mol. The van der Waals surface area contributed by atoms with Gasteiger partial charge in [0.25, 0.3) is 0 Å². The van der Waals surface area contributed by atoms with Gasteiger partial charge in [-0.25, -0.2) is 0 Å². The van der Waals surface area contributed by atoms with E-state index in [1.54, 1.807) is 0 Å². The number of nitrogens with zero attached hydrogens (tertiary/aromatic N) is 2. The van der Waals surface area contributed by atoms with E-state index in [2.05, 4.69) is 18.9 Å². The number of rotatable bonds is 2. The Morgan fingerprint density at radius 1 is 1.26 bits per heavy atom. The van der Waals surface area contributed by atoms with E-state index in [-0.39, 0.29) is 0 Å². The van der Waals surface area contributed by atoms with Crippen LogP contribution < -0.4 is 0 Å². The van der Waals surface area contributed by atoms with Gasteiger partial charge in [0.1, 0.15) is 0 Å². The molecule has 0 saturated heterocycles. The van der Waals surface area contributed by atoms with Crippen LogP contribution in [0.25, 0.3) is 0 Å². The molecule has 1 saturated carbocycles. The number of hydrogen-bond acceptors (Lipinski definition) is 2. The first kappa shape index (κ1) is 14.9. The van der Waals surface area contributed by atoms with E-state index in [0.717, 1.165) is 37.1 Å². The topological polar surface area (TPSA) is 38.0 Å². The largest absolute Gasteiger partial charge is 0.389 e. The molecule has 1 unspecified atom stereocenters. The second-order valence-corrected chi connectivity index (χ2v) is 7.27. The molecule has 1 aliphatic rings. The molecule has 2 rings (SSSR count). The van der Waals surface area contributed by atoms with E-state index in [1.165, 1.54) is 6.42 Å². The van der Waals surface area contributed by atoms with Gasteiger partial charge < -0.3 is 5.11 Å². The first-order valence-electron chi connectivity index (χ1n) is 7.13. The Morgan fingerprint density at radius 3 is 2.53 bits per heavy atom. The van der Waals surface area contributed by atoms with Gasteiger partial charge in [0.2, 0.25) is 0 Å². The fraction of sp³-hybridized carbons (Fsp3) is 0.800. The van der Waals surface area contributed by atoms with Crippen LogP contribution in [0, 0.1) is 12.3 Å². The van der Waals surface area contributed by atoms with Crippen LogP contribution in [0.4, 0.5) is 0 Å². The molecular weight excluding hydrogens is 260 g/mol. The molecule has 1 atom stereocenters. The highest BCUT2D eigenvalue weighted by atomic mass is 35.5. The van der Waals surface area contributed by atoms with Crippen LogP contribution in [-0.4, -0.2) is 20.5 Å². The molecule has 108 valence electrons. The van der Waals surface area contributed by atoms with E-state index in [9.17, 15) is 5.11 Å². The maximum absolute atomic E-state index is 10.9. The van der Waals surface area contributed by atoms with Crippen LogP contribution in [0.1, 0.15) is 57.3 Å². The van der Waals surface area contributed by atoms with Crippen molar-refractivity contribution in [1.82, 2.24) is 9.78 Å². The Balaban J connectivity index is 2.17. The lowest BCUT2D eigenvalue weighted by Gasteiger charge is -2.28. The van der Waals surface area contributed by atoms with Crippen LogP contribution in [0.3, 0.4) is 0 Å². The lowest BCUT2D eigenvalue weighted by atomic mass is 9.83. The zero-order valence-electron chi connectivity index (χ0n) is 12.5. The molecule has 1 aromatic heterocycles. The molecule has 1 aromatic rings. The standard InChI is InChI=1S/C15H25ClN2O/c1-11-13(16)12(18(4)17-11)10-15(19)7-5-6-14(2,3)8-9-15/h19H,5-10H2,1-4H3. The molecule has 0 aliphatic heterocycles. The van der Waals surface area contributed by atoms with Crippen LogP contribution in [-0.2, 0) is 13.5 Å². The van der Waals surface area contributed by atoms with E-state index in [0.29, 0.717) is 16.9 Å². The fourth-order valence-electron chi connectivity index (χ4n) is 3.08. The van der Waals surface area contributed by atoms with Gasteiger partial charge in [-0.3, -0.25) is 4.68 Å². The molecule has 19 heavy (non-hydrogen) atoms. The summed E-state index contributed by atoms with van der Waals surface area (Å²) in [5.74, 6) is 0. The Hall–Kier alpha value is -0.540. The molecular formula is C15H25ClN2O. The van der Waals surface area contributed by atoms with Crippen LogP contribution in [0.5, 0.6) is 0 Å². The molecule has 3 nitrogen and oxygen atoms in total. The molecule has 0 radical (unpaired) electrons. The van der Waals surface area contributed by atoms with Gasteiger partial charge in [0.05, 0.1) is 22.0 Å². The molecule has 4 heteroatoms. The van der Waals surface area contributed by atoms with Gasteiger partial charge >= 0.3 is 0 Å². The zero-order valence-corrected chi connectivity index (χ0v) is 13.2. The van der Waals surface area contributed by atoms with Gasteiger partial charge in [-0.15, -0.1) is 0 Å². The fourth-order valence-corrected chi connectivity index (χ4v) is 3.30. The van der Waals surface area contributed by atoms with E-state index in [1.807, 2.05) is 18.7 Å². The minimum absolute atomic E-state index is 0.344. The summed E-state index contributed by atoms with van der Waals surface area (Å²) in [6.45, 7) is 6.49. The number of hydrogen-bond donors (Lipinski definition) is 1. The lowest BCUT2D eigenvalue weighted by Crippen LogP contribution is -2.32. The Morgan fingerprint density at radius 2 is 1.95 bits per heavy atom. The van der Waals surface area contributed by atoms with E-state index >= 15 is 0 Å². The normalized spacial score (nSPS) is 27.3. The van der Waals surface area contributed by atoms with E-state index in [4.69, 9.17) is 11.6 Å². The Kier molecular flexibility index (Phi) is 3.99. The third kappa shape index (κ3) is 3.32. The third-order valence-electron chi connectivity index (χ3n) is 4.52. The smallest absolute Gasteiger partial charge is 0.0848 e. The summed E-state index contributed by atoms with van der Waals surface area (Å²) in [4.78, 5) is 0. The Bertz CT molecular complexity index is 467. The van der Waals surface area contributed by atoms with Gasteiger partial charge in [-0.1, -0.05) is 31.9 Å². The van der Waals surface area contributed by atoms with Crippen molar-refractivity contribution in [3.8, 4) is 0 Å². The zero-order chi connectivity index (χ0) is 14.3. The molecule has 1 aliphatic carbocycles. The maximum Gasteiger partial charge on any atom is 0.0848 e. The van der Waals surface area contributed by atoms with Gasteiger partial charge in [-0.05, 0) is 38.0 Å². The third-order valence-corrected chi connectivity index (χ3v) is 5.01. The molecule has 0 bridgehead atoms. The van der Waals surface area contributed by atoms with Crippen molar-refractivity contribution in [2.45, 2.75) is 64.9 Å². The Labute approximate surface area is 121 Å². The van der Waals surface area contributed by atoms with Crippen molar-refractivity contribution in [3.63, 3.8) is 0 Å². The summed E-state index contributed by atoms with van der Waals surface area (Å²) in [7, 11) is 1.90. The predicted octanol–water partition coefficient (Wildman–Crippen LogP) is 3.65. The summed E-state index contributed by atoms with van der Waals surface area (Å²) in [6.07, 6.45) is 5.65.